The van der Waals surface area contributed by atoms with Gasteiger partial charge in [-0.15, -0.1) is 0 Å². The Bertz CT molecular complexity index is 629. The van der Waals surface area contributed by atoms with Gasteiger partial charge in [0.15, 0.2) is 5.69 Å². The zero-order valence-corrected chi connectivity index (χ0v) is 13.1. The first-order valence-corrected chi connectivity index (χ1v) is 8.10. The normalized spacial score (nSPS) is 16.8. The largest absolute Gasteiger partial charge is 0.337 e. The van der Waals surface area contributed by atoms with E-state index in [1.54, 1.807) is 4.68 Å². The van der Waals surface area contributed by atoms with E-state index in [4.69, 9.17) is 0 Å². The highest BCUT2D eigenvalue weighted by atomic mass is 79.9. The number of hydrogen-bond donors (Lipinski definition) is 0. The smallest absolute Gasteiger partial charge is 0.275 e. The topological polar surface area (TPSA) is 38.1 Å². The second kappa shape index (κ2) is 5.56. The van der Waals surface area contributed by atoms with Gasteiger partial charge in [0.25, 0.3) is 5.91 Å². The molecule has 3 rings (SSSR count). The maximum Gasteiger partial charge on any atom is 0.275 e. The fourth-order valence-corrected chi connectivity index (χ4v) is 3.46. The molecule has 106 valence electrons. The molecule has 2 aromatic rings. The van der Waals surface area contributed by atoms with Gasteiger partial charge in [-0.25, -0.2) is 0 Å². The molecule has 1 fully saturated rings. The molecule has 1 saturated heterocycles. The van der Waals surface area contributed by atoms with Crippen molar-refractivity contribution < 1.29 is 4.79 Å². The number of carbonyl (C=O) groups excluding carboxylic acids is 1. The minimum atomic E-state index is 0.0647. The maximum atomic E-state index is 12.7. The SMILES string of the molecule is Cn1nc(C(=O)N2CCC(CBr)CC2)c2ccccc21. The number of likely N-dealkylation sites (tertiary alicyclic amines) is 1. The third-order valence-electron chi connectivity index (χ3n) is 4.08. The molecular weight excluding hydrogens is 318 g/mol. The van der Waals surface area contributed by atoms with Crippen LogP contribution in [0.2, 0.25) is 0 Å². The molecule has 1 aromatic carbocycles. The van der Waals surface area contributed by atoms with E-state index in [9.17, 15) is 4.79 Å². The van der Waals surface area contributed by atoms with Crippen LogP contribution in [0.3, 0.4) is 0 Å². The predicted molar refractivity (Wildman–Crippen MR) is 83.1 cm³/mol. The molecule has 0 spiro atoms. The summed E-state index contributed by atoms with van der Waals surface area (Å²) in [6.45, 7) is 1.67. The summed E-state index contributed by atoms with van der Waals surface area (Å²) in [7, 11) is 1.89. The molecule has 4 nitrogen and oxygen atoms in total. The third-order valence-corrected chi connectivity index (χ3v) is 5.00. The Labute approximate surface area is 126 Å². The molecule has 1 amide bonds. The van der Waals surface area contributed by atoms with Gasteiger partial charge < -0.3 is 4.90 Å². The Morgan fingerprint density at radius 3 is 2.75 bits per heavy atom. The zero-order chi connectivity index (χ0) is 14.1. The van der Waals surface area contributed by atoms with Crippen molar-refractivity contribution in [1.29, 1.82) is 0 Å². The average Bonchev–Trinajstić information content (AvgIpc) is 2.84. The summed E-state index contributed by atoms with van der Waals surface area (Å²) in [5, 5.41) is 6.40. The van der Waals surface area contributed by atoms with E-state index in [0.717, 1.165) is 42.2 Å². The highest BCUT2D eigenvalue weighted by Gasteiger charge is 2.26. The molecule has 1 aliphatic heterocycles. The number of halogens is 1. The van der Waals surface area contributed by atoms with Crippen LogP contribution in [0, 0.1) is 5.92 Å². The lowest BCUT2D eigenvalue weighted by Crippen LogP contribution is -2.39. The molecule has 0 radical (unpaired) electrons. The Kier molecular flexibility index (Phi) is 3.78. The highest BCUT2D eigenvalue weighted by Crippen LogP contribution is 2.23. The van der Waals surface area contributed by atoms with Gasteiger partial charge in [0.05, 0.1) is 5.52 Å². The van der Waals surface area contributed by atoms with Crippen LogP contribution in [0.15, 0.2) is 24.3 Å². The summed E-state index contributed by atoms with van der Waals surface area (Å²) in [5.41, 5.74) is 1.59. The van der Waals surface area contributed by atoms with Crippen LogP contribution < -0.4 is 0 Å². The fourth-order valence-electron chi connectivity index (χ4n) is 2.81. The molecule has 2 heterocycles. The van der Waals surface area contributed by atoms with Crippen molar-refractivity contribution in [1.82, 2.24) is 14.7 Å². The molecule has 1 aromatic heterocycles. The minimum Gasteiger partial charge on any atom is -0.337 e. The van der Waals surface area contributed by atoms with Gasteiger partial charge in [-0.2, -0.15) is 5.10 Å². The summed E-state index contributed by atoms with van der Waals surface area (Å²) in [5.74, 6) is 0.759. The Hall–Kier alpha value is -1.36. The van der Waals surface area contributed by atoms with Crippen molar-refractivity contribution in [2.24, 2.45) is 13.0 Å². The van der Waals surface area contributed by atoms with Crippen molar-refractivity contribution in [2.45, 2.75) is 12.8 Å². The number of alkyl halides is 1. The first-order chi connectivity index (χ1) is 9.70. The van der Waals surface area contributed by atoms with Crippen LogP contribution in [-0.2, 0) is 7.05 Å². The minimum absolute atomic E-state index is 0.0647. The number of carbonyl (C=O) groups is 1. The van der Waals surface area contributed by atoms with Crippen LogP contribution >= 0.6 is 15.9 Å². The third kappa shape index (κ3) is 2.35. The Morgan fingerprint density at radius 1 is 1.35 bits per heavy atom. The molecule has 1 aliphatic rings. The number of rotatable bonds is 2. The molecule has 0 bridgehead atoms. The van der Waals surface area contributed by atoms with Crippen molar-refractivity contribution >= 4 is 32.7 Å². The van der Waals surface area contributed by atoms with E-state index in [1.165, 1.54) is 0 Å². The van der Waals surface area contributed by atoms with Gasteiger partial charge in [-0.05, 0) is 24.8 Å². The van der Waals surface area contributed by atoms with Gasteiger partial charge in [0, 0.05) is 30.9 Å². The summed E-state index contributed by atoms with van der Waals surface area (Å²) in [4.78, 5) is 14.6. The number of aryl methyl sites for hydroxylation is 1. The summed E-state index contributed by atoms with van der Waals surface area (Å²) >= 11 is 3.53. The number of piperidine rings is 1. The molecule has 0 N–H and O–H groups in total. The lowest BCUT2D eigenvalue weighted by atomic mass is 9.99. The van der Waals surface area contributed by atoms with Gasteiger partial charge in [-0.1, -0.05) is 34.1 Å². The Morgan fingerprint density at radius 2 is 2.05 bits per heavy atom. The monoisotopic (exact) mass is 335 g/mol. The maximum absolute atomic E-state index is 12.7. The van der Waals surface area contributed by atoms with E-state index in [-0.39, 0.29) is 5.91 Å². The molecular formula is C15H18BrN3O. The number of fused-ring (bicyclic) bond motifs is 1. The van der Waals surface area contributed by atoms with Crippen molar-refractivity contribution in [3.8, 4) is 0 Å². The van der Waals surface area contributed by atoms with E-state index in [2.05, 4.69) is 21.0 Å². The number of amides is 1. The molecule has 5 heteroatoms. The van der Waals surface area contributed by atoms with Crippen LogP contribution in [-0.4, -0.2) is 39.0 Å². The number of hydrogen-bond acceptors (Lipinski definition) is 2. The first-order valence-electron chi connectivity index (χ1n) is 6.97. The molecule has 20 heavy (non-hydrogen) atoms. The second-order valence-electron chi connectivity index (χ2n) is 5.38. The second-order valence-corrected chi connectivity index (χ2v) is 6.03. The Balaban J connectivity index is 1.86. The van der Waals surface area contributed by atoms with Crippen LogP contribution in [0.1, 0.15) is 23.3 Å². The lowest BCUT2D eigenvalue weighted by molar-refractivity contribution is 0.0694. The quantitative estimate of drug-likeness (QED) is 0.791. The summed E-state index contributed by atoms with van der Waals surface area (Å²) in [6.07, 6.45) is 2.14. The predicted octanol–water partition coefficient (Wildman–Crippen LogP) is 2.82. The van der Waals surface area contributed by atoms with E-state index in [0.29, 0.717) is 11.6 Å². The van der Waals surface area contributed by atoms with Crippen molar-refractivity contribution in [3.63, 3.8) is 0 Å². The van der Waals surface area contributed by atoms with Crippen LogP contribution in [0.5, 0.6) is 0 Å². The van der Waals surface area contributed by atoms with Crippen molar-refractivity contribution in [2.75, 3.05) is 18.4 Å². The van der Waals surface area contributed by atoms with E-state index >= 15 is 0 Å². The summed E-state index contributed by atoms with van der Waals surface area (Å²) < 4.78 is 1.79. The molecule has 0 aliphatic carbocycles. The molecule has 0 saturated carbocycles. The number of benzene rings is 1. The van der Waals surface area contributed by atoms with Crippen molar-refractivity contribution in [3.05, 3.63) is 30.0 Å². The van der Waals surface area contributed by atoms with Crippen LogP contribution in [0.4, 0.5) is 0 Å². The highest BCUT2D eigenvalue weighted by molar-refractivity contribution is 9.09. The lowest BCUT2D eigenvalue weighted by Gasteiger charge is -2.30. The first kappa shape index (κ1) is 13.6. The van der Waals surface area contributed by atoms with E-state index in [1.807, 2.05) is 36.2 Å². The van der Waals surface area contributed by atoms with Crippen LogP contribution in [0.25, 0.3) is 10.9 Å². The number of para-hydroxylation sites is 1. The van der Waals surface area contributed by atoms with E-state index < -0.39 is 0 Å². The molecule has 0 atom stereocenters. The van der Waals surface area contributed by atoms with Gasteiger partial charge >= 0.3 is 0 Å². The number of aromatic nitrogens is 2. The average molecular weight is 336 g/mol. The standard InChI is InChI=1S/C15H18BrN3O/c1-18-13-5-3-2-4-12(13)14(17-18)15(20)19-8-6-11(10-16)7-9-19/h2-5,11H,6-10H2,1H3. The summed E-state index contributed by atoms with van der Waals surface area (Å²) in [6, 6.07) is 7.90. The number of nitrogens with zero attached hydrogens (tertiary/aromatic N) is 3. The van der Waals surface area contributed by atoms with Gasteiger partial charge in [0.2, 0.25) is 0 Å². The zero-order valence-electron chi connectivity index (χ0n) is 11.6. The fraction of sp³-hybridized carbons (Fsp3) is 0.467. The van der Waals surface area contributed by atoms with Gasteiger partial charge in [0.1, 0.15) is 0 Å². The molecule has 0 unspecified atom stereocenters. The van der Waals surface area contributed by atoms with Gasteiger partial charge in [-0.3, -0.25) is 9.48 Å².